The smallest absolute Gasteiger partial charge is 0.400 e. The van der Waals surface area contributed by atoms with Gasteiger partial charge in [0.25, 0.3) is 0 Å². The van der Waals surface area contributed by atoms with Crippen molar-refractivity contribution in [3.8, 4) is 0 Å². The number of anilines is 1. The van der Waals surface area contributed by atoms with Gasteiger partial charge in [0.05, 0.1) is 11.3 Å². The number of aliphatic hydroxyl groups excluding tert-OH is 1. The lowest BCUT2D eigenvalue weighted by Crippen LogP contribution is -2.19. The molecule has 1 N–H and O–H groups in total. The van der Waals surface area contributed by atoms with Gasteiger partial charge in [0.2, 0.25) is 0 Å². The number of aliphatic hydroxyl groups is 1. The quantitative estimate of drug-likeness (QED) is 0.659. The molecule has 1 aromatic carbocycles. The van der Waals surface area contributed by atoms with Crippen LogP contribution in [0.15, 0.2) is 29.4 Å². The number of hydrazone groups is 1. The van der Waals surface area contributed by atoms with E-state index < -0.39 is 11.7 Å². The first kappa shape index (κ1) is 20.4. The van der Waals surface area contributed by atoms with Crippen molar-refractivity contribution in [2.75, 3.05) is 19.2 Å². The minimum atomic E-state index is -4.30. The standard InChI is InChI=1S/C15H21F3N2.CH4O/c1-10(2)11(3)12(4)19-20(5)14-8-6-13(7-9-14)15(16,17)18;1-2/h6-11H,1-5H3;2H,1H3/b19-12-;. The number of benzene rings is 1. The zero-order chi connectivity index (χ0) is 17.5. The molecule has 1 aromatic rings. The van der Waals surface area contributed by atoms with Gasteiger partial charge >= 0.3 is 6.18 Å². The summed E-state index contributed by atoms with van der Waals surface area (Å²) in [7, 11) is 2.74. The minimum absolute atomic E-state index is 0.326. The summed E-state index contributed by atoms with van der Waals surface area (Å²) in [6, 6.07) is 5.00. The average Bonchev–Trinajstić information content (AvgIpc) is 2.47. The van der Waals surface area contributed by atoms with Crippen LogP contribution in [0, 0.1) is 11.8 Å². The molecule has 0 saturated carbocycles. The van der Waals surface area contributed by atoms with Gasteiger partial charge in [-0.25, -0.2) is 0 Å². The van der Waals surface area contributed by atoms with E-state index in [1.807, 2.05) is 6.92 Å². The summed E-state index contributed by atoms with van der Waals surface area (Å²) in [6.07, 6.45) is -4.30. The number of alkyl halides is 3. The third-order valence-electron chi connectivity index (χ3n) is 3.54. The highest BCUT2D eigenvalue weighted by molar-refractivity contribution is 5.85. The minimum Gasteiger partial charge on any atom is -0.400 e. The summed E-state index contributed by atoms with van der Waals surface area (Å²) in [5, 5.41) is 13.0. The van der Waals surface area contributed by atoms with E-state index in [9.17, 15) is 13.2 Å². The molecule has 1 atom stereocenters. The van der Waals surface area contributed by atoms with Crippen molar-refractivity contribution < 1.29 is 18.3 Å². The van der Waals surface area contributed by atoms with E-state index in [-0.39, 0.29) is 0 Å². The lowest BCUT2D eigenvalue weighted by Gasteiger charge is -2.20. The fraction of sp³-hybridized carbons (Fsp3) is 0.562. The molecule has 0 fully saturated rings. The van der Waals surface area contributed by atoms with E-state index in [1.165, 1.54) is 12.1 Å². The summed E-state index contributed by atoms with van der Waals surface area (Å²) in [5.41, 5.74) is 0.946. The van der Waals surface area contributed by atoms with Gasteiger partial charge in [-0.1, -0.05) is 20.8 Å². The highest BCUT2D eigenvalue weighted by Crippen LogP contribution is 2.30. The average molecular weight is 318 g/mol. The van der Waals surface area contributed by atoms with Crippen molar-refractivity contribution in [3.05, 3.63) is 29.8 Å². The van der Waals surface area contributed by atoms with Crippen LogP contribution >= 0.6 is 0 Å². The summed E-state index contributed by atoms with van der Waals surface area (Å²) in [5.74, 6) is 0.798. The Labute approximate surface area is 130 Å². The maximum absolute atomic E-state index is 12.5. The molecule has 1 rings (SSSR count). The molecule has 126 valence electrons. The molecule has 0 aromatic heterocycles. The van der Waals surface area contributed by atoms with Crippen LogP contribution in [0.25, 0.3) is 0 Å². The van der Waals surface area contributed by atoms with Crippen molar-refractivity contribution >= 4 is 11.4 Å². The molecule has 0 spiro atoms. The van der Waals surface area contributed by atoms with Gasteiger partial charge in [0.15, 0.2) is 0 Å². The van der Waals surface area contributed by atoms with Gasteiger partial charge in [-0.15, -0.1) is 0 Å². The SMILES string of the molecule is C/C(=N/N(C)c1ccc(C(F)(F)F)cc1)C(C)C(C)C.CO. The van der Waals surface area contributed by atoms with Gasteiger partial charge in [-0.2, -0.15) is 18.3 Å². The van der Waals surface area contributed by atoms with Gasteiger partial charge in [-0.3, -0.25) is 5.01 Å². The fourth-order valence-electron chi connectivity index (χ4n) is 1.73. The number of rotatable bonds is 4. The van der Waals surface area contributed by atoms with Crippen LogP contribution < -0.4 is 5.01 Å². The van der Waals surface area contributed by atoms with E-state index in [1.54, 1.807) is 12.1 Å². The molecule has 0 aliphatic carbocycles. The second-order valence-electron chi connectivity index (χ2n) is 5.34. The van der Waals surface area contributed by atoms with Gasteiger partial charge in [-0.05, 0) is 43.0 Å². The maximum Gasteiger partial charge on any atom is 0.416 e. The van der Waals surface area contributed by atoms with Crippen LogP contribution in [0.1, 0.15) is 33.3 Å². The molecule has 3 nitrogen and oxygen atoms in total. The van der Waals surface area contributed by atoms with Gasteiger partial charge in [0, 0.05) is 19.9 Å². The maximum atomic E-state index is 12.5. The van der Waals surface area contributed by atoms with Crippen molar-refractivity contribution in [2.45, 2.75) is 33.9 Å². The first-order valence-corrected chi connectivity index (χ1v) is 7.03. The van der Waals surface area contributed by atoms with Crippen LogP contribution in [0.2, 0.25) is 0 Å². The highest BCUT2D eigenvalue weighted by Gasteiger charge is 2.30. The third-order valence-corrected chi connectivity index (χ3v) is 3.54. The van der Waals surface area contributed by atoms with Crippen LogP contribution in [0.5, 0.6) is 0 Å². The normalized spacial score (nSPS) is 13.5. The third kappa shape index (κ3) is 6.05. The number of hydrogen-bond donors (Lipinski definition) is 1. The van der Waals surface area contributed by atoms with Crippen molar-refractivity contribution in [2.24, 2.45) is 16.9 Å². The van der Waals surface area contributed by atoms with Crippen LogP contribution in [0.3, 0.4) is 0 Å². The Hall–Kier alpha value is -1.56. The number of halogens is 3. The zero-order valence-corrected chi connectivity index (χ0v) is 13.9. The van der Waals surface area contributed by atoms with Crippen LogP contribution in [-0.2, 0) is 6.18 Å². The molecule has 0 saturated heterocycles. The Morgan fingerprint density at radius 2 is 1.55 bits per heavy atom. The molecular formula is C16H25F3N2O. The molecule has 22 heavy (non-hydrogen) atoms. The van der Waals surface area contributed by atoms with E-state index in [0.29, 0.717) is 17.5 Å². The molecule has 6 heteroatoms. The van der Waals surface area contributed by atoms with Crippen molar-refractivity contribution in [1.82, 2.24) is 0 Å². The van der Waals surface area contributed by atoms with Crippen molar-refractivity contribution in [1.29, 1.82) is 0 Å². The summed E-state index contributed by atoms with van der Waals surface area (Å²) >= 11 is 0. The molecule has 0 heterocycles. The van der Waals surface area contributed by atoms with Gasteiger partial charge in [0.1, 0.15) is 0 Å². The Morgan fingerprint density at radius 3 is 1.91 bits per heavy atom. The Kier molecular flexibility index (Phi) is 8.16. The van der Waals surface area contributed by atoms with E-state index >= 15 is 0 Å². The predicted molar refractivity (Wildman–Crippen MR) is 85.1 cm³/mol. The fourth-order valence-corrected chi connectivity index (χ4v) is 1.73. The first-order chi connectivity index (χ1) is 10.1. The van der Waals surface area contributed by atoms with Crippen molar-refractivity contribution in [3.63, 3.8) is 0 Å². The lowest BCUT2D eigenvalue weighted by atomic mass is 9.94. The molecule has 0 aliphatic rings. The van der Waals surface area contributed by atoms with Gasteiger partial charge < -0.3 is 5.11 Å². The highest BCUT2D eigenvalue weighted by atomic mass is 19.4. The number of nitrogens with zero attached hydrogens (tertiary/aromatic N) is 2. The van der Waals surface area contributed by atoms with Crippen LogP contribution in [0.4, 0.5) is 18.9 Å². The first-order valence-electron chi connectivity index (χ1n) is 7.03. The molecule has 0 bridgehead atoms. The second kappa shape index (κ2) is 8.78. The molecule has 0 radical (unpaired) electrons. The van der Waals surface area contributed by atoms with E-state index in [4.69, 9.17) is 5.11 Å². The van der Waals surface area contributed by atoms with E-state index in [0.717, 1.165) is 25.0 Å². The lowest BCUT2D eigenvalue weighted by molar-refractivity contribution is -0.137. The topological polar surface area (TPSA) is 35.8 Å². The second-order valence-corrected chi connectivity index (χ2v) is 5.34. The molecule has 1 unspecified atom stereocenters. The zero-order valence-electron chi connectivity index (χ0n) is 13.9. The molecule has 0 aliphatic heterocycles. The summed E-state index contributed by atoms with van der Waals surface area (Å²) in [4.78, 5) is 0. The van der Waals surface area contributed by atoms with E-state index in [2.05, 4.69) is 25.9 Å². The summed E-state index contributed by atoms with van der Waals surface area (Å²) < 4.78 is 37.5. The predicted octanol–water partition coefficient (Wildman–Crippen LogP) is 4.42. The van der Waals surface area contributed by atoms with Crippen LogP contribution in [-0.4, -0.2) is 25.0 Å². The monoisotopic (exact) mass is 318 g/mol. The Balaban J connectivity index is 0.00000211. The Morgan fingerprint density at radius 1 is 1.09 bits per heavy atom. The largest absolute Gasteiger partial charge is 0.416 e. The molecular weight excluding hydrogens is 293 g/mol. The summed E-state index contributed by atoms with van der Waals surface area (Å²) in [6.45, 7) is 8.25. The molecule has 0 amide bonds. The Bertz CT molecular complexity index is 467. The number of hydrogen-bond acceptors (Lipinski definition) is 3.